The number of carboxylic acids is 1. The number of aromatic amines is 1. The van der Waals surface area contributed by atoms with Crippen molar-refractivity contribution in [3.8, 4) is 0 Å². The van der Waals surface area contributed by atoms with Crippen molar-refractivity contribution in [3.63, 3.8) is 0 Å². The van der Waals surface area contributed by atoms with Crippen LogP contribution in [0.4, 0.5) is 10.1 Å². The minimum atomic E-state index is -1.31. The highest BCUT2D eigenvalue weighted by Gasteiger charge is 2.15. The fourth-order valence-electron chi connectivity index (χ4n) is 1.46. The predicted molar refractivity (Wildman–Crippen MR) is 66.2 cm³/mol. The van der Waals surface area contributed by atoms with Gasteiger partial charge in [-0.15, -0.1) is 0 Å². The molecule has 0 saturated heterocycles. The lowest BCUT2D eigenvalue weighted by atomic mass is 10.1. The van der Waals surface area contributed by atoms with Gasteiger partial charge in [0.25, 0.3) is 11.5 Å². The van der Waals surface area contributed by atoms with Crippen molar-refractivity contribution in [1.82, 2.24) is 9.97 Å². The summed E-state index contributed by atoms with van der Waals surface area (Å²) in [5, 5.41) is 11.2. The van der Waals surface area contributed by atoms with Crippen molar-refractivity contribution in [2.45, 2.75) is 0 Å². The zero-order valence-corrected chi connectivity index (χ0v) is 9.88. The molecular weight excluding hydrogens is 269 g/mol. The number of halogens is 1. The van der Waals surface area contributed by atoms with Crippen molar-refractivity contribution in [2.75, 3.05) is 5.32 Å². The molecule has 0 aliphatic rings. The molecule has 0 saturated carbocycles. The number of carbonyl (C=O) groups excluding carboxylic acids is 1. The number of carboxylic acid groups (broad SMARTS) is 1. The molecule has 1 amide bonds. The van der Waals surface area contributed by atoms with E-state index >= 15 is 0 Å². The van der Waals surface area contributed by atoms with Crippen LogP contribution in [0.1, 0.15) is 20.8 Å². The highest BCUT2D eigenvalue weighted by atomic mass is 19.1. The molecule has 0 aliphatic carbocycles. The van der Waals surface area contributed by atoms with Crippen molar-refractivity contribution >= 4 is 17.6 Å². The number of benzene rings is 1. The summed E-state index contributed by atoms with van der Waals surface area (Å²) in [6.07, 6.45) is 1.97. The van der Waals surface area contributed by atoms with Gasteiger partial charge in [-0.2, -0.15) is 0 Å². The van der Waals surface area contributed by atoms with Gasteiger partial charge in [0.15, 0.2) is 0 Å². The Labute approximate surface area is 111 Å². The lowest BCUT2D eigenvalue weighted by molar-refractivity contribution is 0.0698. The number of rotatable bonds is 3. The van der Waals surface area contributed by atoms with Gasteiger partial charge in [-0.05, 0) is 18.2 Å². The molecule has 7 nitrogen and oxygen atoms in total. The maximum atomic E-state index is 13.1. The average Bonchev–Trinajstić information content (AvgIpc) is 2.39. The Morgan fingerprint density at radius 3 is 2.70 bits per heavy atom. The van der Waals surface area contributed by atoms with E-state index in [0.29, 0.717) is 0 Å². The molecule has 20 heavy (non-hydrogen) atoms. The number of nitrogens with one attached hydrogen (secondary N) is 2. The van der Waals surface area contributed by atoms with Crippen LogP contribution in [0.15, 0.2) is 35.4 Å². The lowest BCUT2D eigenvalue weighted by Gasteiger charge is -2.07. The maximum Gasteiger partial charge on any atom is 0.337 e. The third-order valence-corrected chi connectivity index (χ3v) is 2.36. The van der Waals surface area contributed by atoms with E-state index in [2.05, 4.69) is 15.3 Å². The molecule has 1 aromatic heterocycles. The summed E-state index contributed by atoms with van der Waals surface area (Å²) in [6, 6.07) is 2.89. The van der Waals surface area contributed by atoms with Crippen LogP contribution in [0.5, 0.6) is 0 Å². The first-order chi connectivity index (χ1) is 9.47. The average molecular weight is 277 g/mol. The molecule has 0 bridgehead atoms. The van der Waals surface area contributed by atoms with Crippen LogP contribution >= 0.6 is 0 Å². The number of H-pyrrole nitrogens is 1. The van der Waals surface area contributed by atoms with Crippen molar-refractivity contribution in [3.05, 3.63) is 58.0 Å². The Kier molecular flexibility index (Phi) is 3.56. The molecule has 1 aromatic carbocycles. The molecule has 0 radical (unpaired) electrons. The Hall–Kier alpha value is -3.03. The first kappa shape index (κ1) is 13.4. The molecular formula is C12H8FN3O4. The number of aromatic carboxylic acids is 1. The minimum absolute atomic E-state index is 0.134. The van der Waals surface area contributed by atoms with Crippen molar-refractivity contribution in [1.29, 1.82) is 0 Å². The monoisotopic (exact) mass is 277 g/mol. The normalized spacial score (nSPS) is 10.1. The Morgan fingerprint density at radius 2 is 2.10 bits per heavy atom. The number of nitrogens with zero attached hydrogens (tertiary/aromatic N) is 1. The molecule has 0 spiro atoms. The van der Waals surface area contributed by atoms with Crippen LogP contribution in [0.3, 0.4) is 0 Å². The molecule has 0 aliphatic heterocycles. The molecule has 2 rings (SSSR count). The number of anilines is 1. The van der Waals surface area contributed by atoms with Gasteiger partial charge >= 0.3 is 5.97 Å². The van der Waals surface area contributed by atoms with E-state index in [9.17, 15) is 18.8 Å². The molecule has 0 fully saturated rings. The number of hydrogen-bond donors (Lipinski definition) is 3. The molecule has 0 atom stereocenters. The summed E-state index contributed by atoms with van der Waals surface area (Å²) in [5.41, 5.74) is -1.08. The second-order valence-corrected chi connectivity index (χ2v) is 3.75. The first-order valence-electron chi connectivity index (χ1n) is 5.36. The third-order valence-electron chi connectivity index (χ3n) is 2.36. The number of aromatic nitrogens is 2. The maximum absolute atomic E-state index is 13.1. The summed E-state index contributed by atoms with van der Waals surface area (Å²) >= 11 is 0. The van der Waals surface area contributed by atoms with E-state index in [4.69, 9.17) is 5.11 Å². The molecule has 2 aromatic rings. The van der Waals surface area contributed by atoms with Crippen LogP contribution in [0, 0.1) is 5.82 Å². The van der Waals surface area contributed by atoms with E-state index in [1.165, 1.54) is 0 Å². The van der Waals surface area contributed by atoms with Gasteiger partial charge in [-0.25, -0.2) is 14.2 Å². The number of hydrogen-bond acceptors (Lipinski definition) is 4. The van der Waals surface area contributed by atoms with E-state index < -0.39 is 23.3 Å². The van der Waals surface area contributed by atoms with Crippen LogP contribution in [-0.4, -0.2) is 27.0 Å². The van der Waals surface area contributed by atoms with E-state index in [-0.39, 0.29) is 16.9 Å². The van der Waals surface area contributed by atoms with Crippen LogP contribution < -0.4 is 10.9 Å². The minimum Gasteiger partial charge on any atom is -0.478 e. The Bertz CT molecular complexity index is 721. The summed E-state index contributed by atoms with van der Waals surface area (Å²) in [6.45, 7) is 0. The van der Waals surface area contributed by atoms with Gasteiger partial charge in [0.1, 0.15) is 11.5 Å². The van der Waals surface area contributed by atoms with Gasteiger partial charge in [-0.3, -0.25) is 9.59 Å². The first-order valence-corrected chi connectivity index (χ1v) is 5.36. The van der Waals surface area contributed by atoms with Crippen LogP contribution in [0.2, 0.25) is 0 Å². The fourth-order valence-corrected chi connectivity index (χ4v) is 1.46. The zero-order valence-electron chi connectivity index (χ0n) is 9.88. The highest BCUT2D eigenvalue weighted by Crippen LogP contribution is 2.17. The van der Waals surface area contributed by atoms with E-state index in [1.807, 2.05) is 0 Å². The summed E-state index contributed by atoms with van der Waals surface area (Å²) < 4.78 is 13.1. The van der Waals surface area contributed by atoms with Crippen molar-refractivity contribution < 1.29 is 19.1 Å². The number of amides is 1. The standard InChI is InChI=1S/C12H8FN3O4/c13-6-1-2-7(12(19)20)8(3-6)16-11(18)9-4-15-10(17)5-14-9/h1-5H,(H,15,17)(H,16,18)(H,19,20). The van der Waals surface area contributed by atoms with E-state index in [0.717, 1.165) is 30.6 Å². The summed E-state index contributed by atoms with van der Waals surface area (Å²) in [5.74, 6) is -2.77. The molecule has 102 valence electrons. The highest BCUT2D eigenvalue weighted by molar-refractivity contribution is 6.06. The van der Waals surface area contributed by atoms with Crippen LogP contribution in [0.25, 0.3) is 0 Å². The van der Waals surface area contributed by atoms with Gasteiger partial charge in [0, 0.05) is 6.20 Å². The molecule has 1 heterocycles. The predicted octanol–water partition coefficient (Wildman–Crippen LogP) is 0.859. The Morgan fingerprint density at radius 1 is 1.35 bits per heavy atom. The second kappa shape index (κ2) is 5.31. The summed E-state index contributed by atoms with van der Waals surface area (Å²) in [4.78, 5) is 39.4. The zero-order chi connectivity index (χ0) is 14.7. The smallest absolute Gasteiger partial charge is 0.337 e. The second-order valence-electron chi connectivity index (χ2n) is 3.75. The molecule has 3 N–H and O–H groups in total. The van der Waals surface area contributed by atoms with Gasteiger partial charge in [0.05, 0.1) is 17.4 Å². The topological polar surface area (TPSA) is 112 Å². The summed E-state index contributed by atoms with van der Waals surface area (Å²) in [7, 11) is 0. The molecule has 8 heteroatoms. The van der Waals surface area contributed by atoms with Crippen LogP contribution in [-0.2, 0) is 0 Å². The van der Waals surface area contributed by atoms with Crippen molar-refractivity contribution in [2.24, 2.45) is 0 Å². The Balaban J connectivity index is 2.32. The lowest BCUT2D eigenvalue weighted by Crippen LogP contribution is -2.18. The van der Waals surface area contributed by atoms with Gasteiger partial charge in [-0.1, -0.05) is 0 Å². The van der Waals surface area contributed by atoms with E-state index in [1.54, 1.807) is 0 Å². The third kappa shape index (κ3) is 2.86. The van der Waals surface area contributed by atoms with Gasteiger partial charge < -0.3 is 15.4 Å². The largest absolute Gasteiger partial charge is 0.478 e. The quantitative estimate of drug-likeness (QED) is 0.770. The van der Waals surface area contributed by atoms with Gasteiger partial charge in [0.2, 0.25) is 0 Å². The SMILES string of the molecule is O=C(Nc1cc(F)ccc1C(=O)O)c1c[nH]c(=O)cn1. The number of carbonyl (C=O) groups is 2. The fraction of sp³-hybridized carbons (Fsp3) is 0. The molecule has 0 unspecified atom stereocenters.